The molecule has 17 heavy (non-hydrogen) atoms. The monoisotopic (exact) mass is 369 g/mol. The third-order valence-electron chi connectivity index (χ3n) is 2.74. The van der Waals surface area contributed by atoms with Gasteiger partial charge in [0.1, 0.15) is 0 Å². The SMILES string of the molecule is O=C1CC(CS)CN1c1cc(F)c(F)cc1I. The number of carbonyl (C=O) groups is 1. The maximum Gasteiger partial charge on any atom is 0.227 e. The molecular weight excluding hydrogens is 359 g/mol. The van der Waals surface area contributed by atoms with E-state index < -0.39 is 11.6 Å². The molecule has 0 saturated carbocycles. The van der Waals surface area contributed by atoms with Crippen LogP contribution in [0.2, 0.25) is 0 Å². The fraction of sp³-hybridized carbons (Fsp3) is 0.364. The van der Waals surface area contributed by atoms with E-state index in [1.54, 1.807) is 0 Å². The van der Waals surface area contributed by atoms with Gasteiger partial charge in [-0.3, -0.25) is 4.79 Å². The van der Waals surface area contributed by atoms with Crippen molar-refractivity contribution in [3.63, 3.8) is 0 Å². The average molecular weight is 369 g/mol. The van der Waals surface area contributed by atoms with E-state index in [0.717, 1.165) is 12.1 Å². The topological polar surface area (TPSA) is 20.3 Å². The zero-order chi connectivity index (χ0) is 12.6. The van der Waals surface area contributed by atoms with Crippen LogP contribution in [0.5, 0.6) is 0 Å². The van der Waals surface area contributed by atoms with Gasteiger partial charge in [0, 0.05) is 22.6 Å². The highest BCUT2D eigenvalue weighted by Gasteiger charge is 2.31. The molecule has 1 atom stereocenters. The van der Waals surface area contributed by atoms with Gasteiger partial charge < -0.3 is 4.90 Å². The standard InChI is InChI=1S/C11H10F2INOS/c12-7-2-9(14)10(3-8(7)13)15-4-6(5-17)1-11(15)16/h2-3,6,17H,1,4-5H2. The highest BCUT2D eigenvalue weighted by atomic mass is 127. The van der Waals surface area contributed by atoms with Crippen LogP contribution in [0.1, 0.15) is 6.42 Å². The molecule has 1 saturated heterocycles. The van der Waals surface area contributed by atoms with E-state index in [2.05, 4.69) is 12.6 Å². The van der Waals surface area contributed by atoms with Crippen molar-refractivity contribution in [3.05, 3.63) is 27.3 Å². The lowest BCUT2D eigenvalue weighted by Gasteiger charge is -2.18. The first-order valence-corrected chi connectivity index (χ1v) is 6.79. The molecule has 1 aromatic carbocycles. The molecule has 2 rings (SSSR count). The minimum atomic E-state index is -0.928. The van der Waals surface area contributed by atoms with Gasteiger partial charge in [0.2, 0.25) is 5.91 Å². The first kappa shape index (κ1) is 13.1. The predicted octanol–water partition coefficient (Wildman–Crippen LogP) is 2.85. The highest BCUT2D eigenvalue weighted by molar-refractivity contribution is 14.1. The third kappa shape index (κ3) is 2.57. The van der Waals surface area contributed by atoms with Crippen molar-refractivity contribution >= 4 is 46.8 Å². The highest BCUT2D eigenvalue weighted by Crippen LogP contribution is 2.31. The van der Waals surface area contributed by atoms with Crippen LogP contribution in [0.3, 0.4) is 0 Å². The second-order valence-electron chi connectivity index (χ2n) is 3.97. The summed E-state index contributed by atoms with van der Waals surface area (Å²) >= 11 is 6.06. The molecule has 1 heterocycles. The summed E-state index contributed by atoms with van der Waals surface area (Å²) in [6.45, 7) is 0.517. The number of hydrogen-bond acceptors (Lipinski definition) is 2. The smallest absolute Gasteiger partial charge is 0.227 e. The minimum Gasteiger partial charge on any atom is -0.311 e. The van der Waals surface area contributed by atoms with Crippen molar-refractivity contribution in [1.82, 2.24) is 0 Å². The molecule has 1 amide bonds. The summed E-state index contributed by atoms with van der Waals surface area (Å²) in [7, 11) is 0. The van der Waals surface area contributed by atoms with Crippen molar-refractivity contribution in [1.29, 1.82) is 0 Å². The number of halogens is 3. The summed E-state index contributed by atoms with van der Waals surface area (Å²) in [6.07, 6.45) is 0.415. The zero-order valence-electron chi connectivity index (χ0n) is 8.79. The number of anilines is 1. The quantitative estimate of drug-likeness (QED) is 0.483. The number of rotatable bonds is 2. The van der Waals surface area contributed by atoms with Gasteiger partial charge in [-0.2, -0.15) is 12.6 Å². The van der Waals surface area contributed by atoms with Gasteiger partial charge in [0.25, 0.3) is 0 Å². The number of hydrogen-bond donors (Lipinski definition) is 1. The van der Waals surface area contributed by atoms with Gasteiger partial charge in [-0.15, -0.1) is 0 Å². The Balaban J connectivity index is 2.35. The molecule has 1 fully saturated rings. The Bertz CT molecular complexity index is 469. The lowest BCUT2D eigenvalue weighted by Crippen LogP contribution is -2.25. The van der Waals surface area contributed by atoms with Crippen LogP contribution in [-0.4, -0.2) is 18.2 Å². The number of amides is 1. The Morgan fingerprint density at radius 2 is 2.06 bits per heavy atom. The number of thiol groups is 1. The summed E-state index contributed by atoms with van der Waals surface area (Å²) in [5.41, 5.74) is 0.443. The third-order valence-corrected chi connectivity index (χ3v) is 4.12. The van der Waals surface area contributed by atoms with Crippen molar-refractivity contribution in [2.75, 3.05) is 17.2 Å². The molecule has 2 nitrogen and oxygen atoms in total. The van der Waals surface area contributed by atoms with Gasteiger partial charge in [-0.1, -0.05) is 0 Å². The second-order valence-corrected chi connectivity index (χ2v) is 5.50. The van der Waals surface area contributed by atoms with E-state index in [9.17, 15) is 13.6 Å². The van der Waals surface area contributed by atoms with Gasteiger partial charge in [0.05, 0.1) is 5.69 Å². The molecule has 0 spiro atoms. The van der Waals surface area contributed by atoms with Crippen LogP contribution in [0, 0.1) is 21.1 Å². The Hall–Kier alpha value is -0.370. The first-order valence-electron chi connectivity index (χ1n) is 5.08. The number of carbonyl (C=O) groups excluding carboxylic acids is 1. The lowest BCUT2D eigenvalue weighted by molar-refractivity contribution is -0.117. The molecular formula is C11H10F2INOS. The van der Waals surface area contributed by atoms with Crippen LogP contribution >= 0.6 is 35.2 Å². The second kappa shape index (κ2) is 5.09. The Kier molecular flexibility index (Phi) is 3.92. The lowest BCUT2D eigenvalue weighted by atomic mass is 10.1. The maximum absolute atomic E-state index is 13.2. The van der Waals surface area contributed by atoms with E-state index in [1.807, 2.05) is 22.6 Å². The molecule has 0 N–H and O–H groups in total. The van der Waals surface area contributed by atoms with E-state index >= 15 is 0 Å². The average Bonchev–Trinajstić information content (AvgIpc) is 2.65. The fourth-order valence-electron chi connectivity index (χ4n) is 1.86. The number of benzene rings is 1. The molecule has 0 aliphatic carbocycles. The van der Waals surface area contributed by atoms with Crippen molar-refractivity contribution in [2.24, 2.45) is 5.92 Å². The van der Waals surface area contributed by atoms with E-state index in [4.69, 9.17) is 0 Å². The maximum atomic E-state index is 13.2. The van der Waals surface area contributed by atoms with E-state index in [1.165, 1.54) is 4.90 Å². The molecule has 0 radical (unpaired) electrons. The van der Waals surface area contributed by atoms with Crippen LogP contribution in [0.15, 0.2) is 12.1 Å². The van der Waals surface area contributed by atoms with Crippen molar-refractivity contribution < 1.29 is 13.6 Å². The van der Waals surface area contributed by atoms with Crippen LogP contribution in [0.25, 0.3) is 0 Å². The Morgan fingerprint density at radius 1 is 1.41 bits per heavy atom. The Morgan fingerprint density at radius 3 is 2.65 bits per heavy atom. The van der Waals surface area contributed by atoms with Gasteiger partial charge in [-0.25, -0.2) is 8.78 Å². The molecule has 1 unspecified atom stereocenters. The summed E-state index contributed by atoms with van der Waals surface area (Å²) in [5.74, 6) is -1.09. The normalized spacial score (nSPS) is 20.1. The first-order chi connectivity index (χ1) is 8.02. The van der Waals surface area contributed by atoms with Gasteiger partial charge >= 0.3 is 0 Å². The zero-order valence-corrected chi connectivity index (χ0v) is 11.8. The minimum absolute atomic E-state index is 0.0621. The van der Waals surface area contributed by atoms with Crippen LogP contribution in [0.4, 0.5) is 14.5 Å². The summed E-state index contributed by atoms with van der Waals surface area (Å²) < 4.78 is 26.7. The van der Waals surface area contributed by atoms with E-state index in [-0.39, 0.29) is 11.8 Å². The van der Waals surface area contributed by atoms with Crippen molar-refractivity contribution in [3.8, 4) is 0 Å². The predicted molar refractivity (Wildman–Crippen MR) is 73.4 cm³/mol. The molecule has 1 aliphatic rings. The van der Waals surface area contributed by atoms with Gasteiger partial charge in [0.15, 0.2) is 11.6 Å². The summed E-state index contributed by atoms with van der Waals surface area (Å²) in [4.78, 5) is 13.3. The van der Waals surface area contributed by atoms with Crippen molar-refractivity contribution in [2.45, 2.75) is 6.42 Å². The summed E-state index contributed by atoms with van der Waals surface area (Å²) in [5, 5.41) is 0. The molecule has 92 valence electrons. The molecule has 1 aliphatic heterocycles. The Labute approximate surface area is 117 Å². The number of nitrogens with zero attached hydrogens (tertiary/aromatic N) is 1. The molecule has 0 bridgehead atoms. The van der Waals surface area contributed by atoms with Crippen LogP contribution < -0.4 is 4.90 Å². The largest absolute Gasteiger partial charge is 0.311 e. The van der Waals surface area contributed by atoms with Gasteiger partial charge in [-0.05, 0) is 40.3 Å². The molecule has 1 aromatic rings. The molecule has 6 heteroatoms. The summed E-state index contributed by atoms with van der Waals surface area (Å²) in [6, 6.07) is 2.18. The fourth-order valence-corrected chi connectivity index (χ4v) is 2.82. The molecule has 0 aromatic heterocycles. The van der Waals surface area contributed by atoms with Crippen LogP contribution in [-0.2, 0) is 4.79 Å². The van der Waals surface area contributed by atoms with E-state index in [0.29, 0.717) is 28.0 Å².